The van der Waals surface area contributed by atoms with Crippen LogP contribution < -0.4 is 5.73 Å². The van der Waals surface area contributed by atoms with E-state index in [4.69, 9.17) is 5.73 Å². The fourth-order valence-corrected chi connectivity index (χ4v) is 2.65. The lowest BCUT2D eigenvalue weighted by molar-refractivity contribution is 0.0362. The first kappa shape index (κ1) is 14.6. The van der Waals surface area contributed by atoms with E-state index in [1.54, 1.807) is 0 Å². The molecule has 2 heteroatoms. The number of hydrogen-bond donors (Lipinski definition) is 2. The van der Waals surface area contributed by atoms with Gasteiger partial charge < -0.3 is 10.8 Å². The molecule has 0 fully saturated rings. The molecule has 0 radical (unpaired) electrons. The monoisotopic (exact) mass is 269 g/mol. The second-order valence-corrected chi connectivity index (χ2v) is 6.59. The van der Waals surface area contributed by atoms with Crippen LogP contribution in [0.15, 0.2) is 54.6 Å². The SMILES string of the molecule is CC(C)(C)CC(O)(c1ccccc1)c1cccc(N)c1. The highest BCUT2D eigenvalue weighted by atomic mass is 16.3. The van der Waals surface area contributed by atoms with Crippen LogP contribution in [0.3, 0.4) is 0 Å². The summed E-state index contributed by atoms with van der Waals surface area (Å²) in [6.45, 7) is 6.40. The van der Waals surface area contributed by atoms with E-state index in [0.29, 0.717) is 12.1 Å². The first-order chi connectivity index (χ1) is 9.31. The Morgan fingerprint density at radius 1 is 0.900 bits per heavy atom. The summed E-state index contributed by atoms with van der Waals surface area (Å²) in [6.07, 6.45) is 0.632. The molecule has 106 valence electrons. The first-order valence-electron chi connectivity index (χ1n) is 6.95. The molecule has 2 aromatic rings. The van der Waals surface area contributed by atoms with Gasteiger partial charge in [0.25, 0.3) is 0 Å². The maximum atomic E-state index is 11.4. The number of anilines is 1. The van der Waals surface area contributed by atoms with Crippen molar-refractivity contribution in [3.8, 4) is 0 Å². The molecule has 0 saturated heterocycles. The maximum absolute atomic E-state index is 11.4. The molecule has 1 atom stereocenters. The molecule has 0 aliphatic heterocycles. The normalized spacial score (nSPS) is 14.8. The molecule has 2 rings (SSSR count). The number of rotatable bonds is 3. The minimum atomic E-state index is -1.02. The van der Waals surface area contributed by atoms with Crippen LogP contribution in [0.5, 0.6) is 0 Å². The number of aliphatic hydroxyl groups is 1. The molecule has 2 aromatic carbocycles. The van der Waals surface area contributed by atoms with Crippen molar-refractivity contribution in [1.29, 1.82) is 0 Å². The highest BCUT2D eigenvalue weighted by Gasteiger charge is 2.35. The van der Waals surface area contributed by atoms with Crippen LogP contribution in [0.25, 0.3) is 0 Å². The third kappa shape index (κ3) is 3.20. The van der Waals surface area contributed by atoms with Crippen LogP contribution in [-0.4, -0.2) is 5.11 Å². The van der Waals surface area contributed by atoms with E-state index in [0.717, 1.165) is 11.1 Å². The minimum Gasteiger partial charge on any atom is -0.399 e. The van der Waals surface area contributed by atoms with Crippen LogP contribution in [0.1, 0.15) is 38.3 Å². The lowest BCUT2D eigenvalue weighted by Gasteiger charge is -2.35. The number of hydrogen-bond acceptors (Lipinski definition) is 2. The second-order valence-electron chi connectivity index (χ2n) is 6.59. The standard InChI is InChI=1S/C18H23NO/c1-17(2,3)13-18(20,14-8-5-4-6-9-14)15-10-7-11-16(19)12-15/h4-12,20H,13,19H2,1-3H3. The fraction of sp³-hybridized carbons (Fsp3) is 0.333. The van der Waals surface area contributed by atoms with Gasteiger partial charge in [-0.3, -0.25) is 0 Å². The van der Waals surface area contributed by atoms with Crippen molar-refractivity contribution in [3.05, 3.63) is 65.7 Å². The zero-order valence-corrected chi connectivity index (χ0v) is 12.4. The fourth-order valence-electron chi connectivity index (χ4n) is 2.65. The average molecular weight is 269 g/mol. The number of nitrogen functional groups attached to an aromatic ring is 1. The molecule has 0 spiro atoms. The molecule has 1 unspecified atom stereocenters. The molecule has 3 N–H and O–H groups in total. The van der Waals surface area contributed by atoms with Gasteiger partial charge in [-0.1, -0.05) is 63.2 Å². The molecule has 2 nitrogen and oxygen atoms in total. The van der Waals surface area contributed by atoms with Crippen LogP contribution in [-0.2, 0) is 5.60 Å². The van der Waals surface area contributed by atoms with Crippen LogP contribution in [0.2, 0.25) is 0 Å². The van der Waals surface area contributed by atoms with Crippen LogP contribution >= 0.6 is 0 Å². The van der Waals surface area contributed by atoms with Crippen molar-refractivity contribution in [1.82, 2.24) is 0 Å². The van der Waals surface area contributed by atoms with Gasteiger partial charge in [-0.15, -0.1) is 0 Å². The lowest BCUT2D eigenvalue weighted by Crippen LogP contribution is -2.32. The molecule has 0 bridgehead atoms. The first-order valence-corrected chi connectivity index (χ1v) is 6.95. The quantitative estimate of drug-likeness (QED) is 0.829. The van der Waals surface area contributed by atoms with Crippen molar-refractivity contribution in [2.24, 2.45) is 5.41 Å². The highest BCUT2D eigenvalue weighted by Crippen LogP contribution is 2.40. The molecular formula is C18H23NO. The van der Waals surface area contributed by atoms with Crippen molar-refractivity contribution < 1.29 is 5.11 Å². The van der Waals surface area contributed by atoms with E-state index in [9.17, 15) is 5.11 Å². The van der Waals surface area contributed by atoms with E-state index in [1.165, 1.54) is 0 Å². The molecule has 0 amide bonds. The van der Waals surface area contributed by atoms with Crippen molar-refractivity contribution in [3.63, 3.8) is 0 Å². The van der Waals surface area contributed by atoms with Crippen LogP contribution in [0.4, 0.5) is 5.69 Å². The van der Waals surface area contributed by atoms with Gasteiger partial charge in [0, 0.05) is 5.69 Å². The molecule has 0 saturated carbocycles. The van der Waals surface area contributed by atoms with Gasteiger partial charge in [0.1, 0.15) is 5.60 Å². The largest absolute Gasteiger partial charge is 0.399 e. The maximum Gasteiger partial charge on any atom is 0.115 e. The Morgan fingerprint density at radius 3 is 2.05 bits per heavy atom. The Morgan fingerprint density at radius 2 is 1.50 bits per heavy atom. The van der Waals surface area contributed by atoms with Gasteiger partial charge in [-0.2, -0.15) is 0 Å². The van der Waals surface area contributed by atoms with Crippen molar-refractivity contribution in [2.75, 3.05) is 5.73 Å². The smallest absolute Gasteiger partial charge is 0.115 e. The second kappa shape index (κ2) is 5.29. The van der Waals surface area contributed by atoms with E-state index >= 15 is 0 Å². The van der Waals surface area contributed by atoms with Gasteiger partial charge in [0.2, 0.25) is 0 Å². The summed E-state index contributed by atoms with van der Waals surface area (Å²) in [5.41, 5.74) is 7.28. The van der Waals surface area contributed by atoms with E-state index < -0.39 is 5.60 Å². The van der Waals surface area contributed by atoms with Crippen molar-refractivity contribution >= 4 is 5.69 Å². The molecule has 20 heavy (non-hydrogen) atoms. The van der Waals surface area contributed by atoms with Gasteiger partial charge in [-0.05, 0) is 35.1 Å². The number of nitrogens with two attached hydrogens (primary N) is 1. The highest BCUT2D eigenvalue weighted by molar-refractivity contribution is 5.46. The van der Waals surface area contributed by atoms with E-state index in [1.807, 2.05) is 54.6 Å². The summed E-state index contributed by atoms with van der Waals surface area (Å²) in [5, 5.41) is 11.4. The zero-order chi connectivity index (χ0) is 14.8. The summed E-state index contributed by atoms with van der Waals surface area (Å²) in [4.78, 5) is 0. The summed E-state index contributed by atoms with van der Waals surface area (Å²) >= 11 is 0. The van der Waals surface area contributed by atoms with Crippen LogP contribution in [0, 0.1) is 5.41 Å². The predicted octanol–water partition coefficient (Wildman–Crippen LogP) is 3.94. The molecule has 0 aliphatic rings. The topological polar surface area (TPSA) is 46.2 Å². The van der Waals surface area contributed by atoms with Gasteiger partial charge in [0.05, 0.1) is 0 Å². The third-order valence-corrected chi connectivity index (χ3v) is 3.40. The number of benzene rings is 2. The van der Waals surface area contributed by atoms with Gasteiger partial charge in [0.15, 0.2) is 0 Å². The van der Waals surface area contributed by atoms with Crippen molar-refractivity contribution in [2.45, 2.75) is 32.8 Å². The molecular weight excluding hydrogens is 246 g/mol. The summed E-state index contributed by atoms with van der Waals surface area (Å²) in [5.74, 6) is 0. The summed E-state index contributed by atoms with van der Waals surface area (Å²) in [7, 11) is 0. The Labute approximate surface area is 121 Å². The Bertz CT molecular complexity index is 571. The van der Waals surface area contributed by atoms with E-state index in [2.05, 4.69) is 20.8 Å². The van der Waals surface area contributed by atoms with E-state index in [-0.39, 0.29) is 5.41 Å². The third-order valence-electron chi connectivity index (χ3n) is 3.40. The average Bonchev–Trinajstić information content (AvgIpc) is 2.38. The Hall–Kier alpha value is -1.80. The Balaban J connectivity index is 2.55. The summed E-state index contributed by atoms with van der Waals surface area (Å²) in [6, 6.07) is 17.3. The zero-order valence-electron chi connectivity index (χ0n) is 12.4. The lowest BCUT2D eigenvalue weighted by atomic mass is 9.74. The predicted molar refractivity (Wildman–Crippen MR) is 84.4 cm³/mol. The molecule has 0 heterocycles. The van der Waals surface area contributed by atoms with Gasteiger partial charge >= 0.3 is 0 Å². The molecule has 0 aromatic heterocycles. The Kier molecular flexibility index (Phi) is 3.87. The minimum absolute atomic E-state index is 0.00477. The van der Waals surface area contributed by atoms with Gasteiger partial charge in [-0.25, -0.2) is 0 Å². The molecule has 0 aliphatic carbocycles. The summed E-state index contributed by atoms with van der Waals surface area (Å²) < 4.78 is 0.